The first-order valence-electron chi connectivity index (χ1n) is 7.24. The molecule has 0 fully saturated rings. The van der Waals surface area contributed by atoms with E-state index in [0.29, 0.717) is 17.0 Å². The minimum atomic E-state index is -3.58. The second-order valence-corrected chi connectivity index (χ2v) is 9.04. The summed E-state index contributed by atoms with van der Waals surface area (Å²) in [4.78, 5) is 12.8. The Labute approximate surface area is 148 Å². The molecule has 0 aliphatic carbocycles. The van der Waals surface area contributed by atoms with Crippen LogP contribution < -0.4 is 9.60 Å². The molecule has 1 aromatic heterocycles. The fourth-order valence-corrected chi connectivity index (χ4v) is 5.20. The molecule has 0 saturated heterocycles. The average molecular weight is 381 g/mol. The third-order valence-corrected chi connectivity index (χ3v) is 6.95. The first-order valence-corrected chi connectivity index (χ1v) is 10.5. The molecule has 0 saturated carbocycles. The van der Waals surface area contributed by atoms with Crippen molar-refractivity contribution >= 4 is 43.3 Å². The third kappa shape index (κ3) is 3.72. The van der Waals surface area contributed by atoms with E-state index in [1.807, 2.05) is 30.3 Å². The van der Waals surface area contributed by atoms with Crippen molar-refractivity contribution in [2.75, 3.05) is 12.3 Å². The Kier molecular flexibility index (Phi) is 5.09. The van der Waals surface area contributed by atoms with Gasteiger partial charge in [0, 0.05) is 24.2 Å². The van der Waals surface area contributed by atoms with Crippen molar-refractivity contribution < 1.29 is 8.42 Å². The zero-order valence-electron chi connectivity index (χ0n) is 12.9. The summed E-state index contributed by atoms with van der Waals surface area (Å²) in [6.07, 6.45) is 0. The van der Waals surface area contributed by atoms with E-state index in [2.05, 4.69) is 4.72 Å². The molecule has 0 unspecified atom stereocenters. The smallest absolute Gasteiger partial charge is 0.302 e. The summed E-state index contributed by atoms with van der Waals surface area (Å²) in [5.74, 6) is 0.643. The normalized spacial score (nSPS) is 11.9. The Morgan fingerprint density at radius 1 is 1.17 bits per heavy atom. The van der Waals surface area contributed by atoms with Crippen LogP contribution in [-0.4, -0.2) is 25.3 Å². The van der Waals surface area contributed by atoms with Crippen molar-refractivity contribution in [2.24, 2.45) is 7.05 Å². The lowest BCUT2D eigenvalue weighted by molar-refractivity contribution is 0.584. The van der Waals surface area contributed by atoms with Crippen LogP contribution in [0.1, 0.15) is 0 Å². The summed E-state index contributed by atoms with van der Waals surface area (Å²) in [7, 11) is -1.90. The van der Waals surface area contributed by atoms with Crippen LogP contribution in [0.5, 0.6) is 0 Å². The molecular formula is C16H16N2O3S3. The summed E-state index contributed by atoms with van der Waals surface area (Å²) < 4.78 is 29.5. The maximum absolute atomic E-state index is 12.4. The maximum atomic E-state index is 12.4. The van der Waals surface area contributed by atoms with Gasteiger partial charge < -0.3 is 4.57 Å². The van der Waals surface area contributed by atoms with E-state index < -0.39 is 10.0 Å². The van der Waals surface area contributed by atoms with Gasteiger partial charge in [-0.1, -0.05) is 29.5 Å². The molecule has 0 spiro atoms. The topological polar surface area (TPSA) is 68.2 Å². The summed E-state index contributed by atoms with van der Waals surface area (Å²) in [5.41, 5.74) is 0.739. The summed E-state index contributed by atoms with van der Waals surface area (Å²) >= 11 is 2.64. The van der Waals surface area contributed by atoms with Crippen LogP contribution in [0.15, 0.2) is 63.1 Å². The summed E-state index contributed by atoms with van der Waals surface area (Å²) in [6, 6.07) is 14.6. The molecule has 1 heterocycles. The monoisotopic (exact) mass is 380 g/mol. The number of hydrogen-bond acceptors (Lipinski definition) is 5. The fourth-order valence-electron chi connectivity index (χ4n) is 2.23. The number of rotatable bonds is 6. The number of fused-ring (bicyclic) bond motifs is 1. The van der Waals surface area contributed by atoms with Gasteiger partial charge in [0.15, 0.2) is 0 Å². The first-order chi connectivity index (χ1) is 11.5. The van der Waals surface area contributed by atoms with E-state index in [1.54, 1.807) is 30.9 Å². The van der Waals surface area contributed by atoms with Crippen LogP contribution in [0, 0.1) is 0 Å². The Balaban J connectivity index is 1.68. The van der Waals surface area contributed by atoms with E-state index in [4.69, 9.17) is 0 Å². The standard InChI is InChI=1S/C16H16N2O3S3/c1-18-14-8-7-13(11-15(14)23-16(18)19)24(20,21)17-9-10-22-12-5-3-2-4-6-12/h2-8,11,17H,9-10H2,1H3. The lowest BCUT2D eigenvalue weighted by Gasteiger charge is -2.07. The molecule has 0 atom stereocenters. The average Bonchev–Trinajstić information content (AvgIpc) is 2.87. The van der Waals surface area contributed by atoms with Gasteiger partial charge >= 0.3 is 4.87 Å². The number of nitrogens with zero attached hydrogens (tertiary/aromatic N) is 1. The number of thiazole rings is 1. The molecule has 1 N–H and O–H groups in total. The van der Waals surface area contributed by atoms with Gasteiger partial charge in [-0.2, -0.15) is 0 Å². The number of aryl methyl sites for hydroxylation is 1. The lowest BCUT2D eigenvalue weighted by atomic mass is 10.3. The Bertz CT molecular complexity index is 1010. The molecule has 3 aromatic rings. The molecule has 2 aromatic carbocycles. The molecule has 0 aliphatic heterocycles. The van der Waals surface area contributed by atoms with Gasteiger partial charge in [-0.25, -0.2) is 13.1 Å². The predicted molar refractivity (Wildman–Crippen MR) is 99.4 cm³/mol. The predicted octanol–water partition coefficient (Wildman–Crippen LogP) is 2.67. The highest BCUT2D eigenvalue weighted by Crippen LogP contribution is 2.21. The van der Waals surface area contributed by atoms with Gasteiger partial charge in [-0.05, 0) is 30.3 Å². The van der Waals surface area contributed by atoms with Crippen LogP contribution in [0.4, 0.5) is 0 Å². The SMILES string of the molecule is Cn1c(=O)sc2cc(S(=O)(=O)NCCSc3ccccc3)ccc21. The van der Waals surface area contributed by atoms with Crippen LogP contribution in [0.25, 0.3) is 10.2 Å². The third-order valence-electron chi connectivity index (χ3n) is 3.48. The zero-order valence-corrected chi connectivity index (χ0v) is 15.4. The molecular weight excluding hydrogens is 364 g/mol. The molecule has 0 aliphatic rings. The van der Waals surface area contributed by atoms with Crippen molar-refractivity contribution in [1.82, 2.24) is 9.29 Å². The van der Waals surface area contributed by atoms with Crippen molar-refractivity contribution in [3.8, 4) is 0 Å². The first kappa shape index (κ1) is 17.2. The van der Waals surface area contributed by atoms with Crippen molar-refractivity contribution in [2.45, 2.75) is 9.79 Å². The molecule has 8 heteroatoms. The van der Waals surface area contributed by atoms with Crippen LogP contribution >= 0.6 is 23.1 Å². The summed E-state index contributed by atoms with van der Waals surface area (Å²) in [6.45, 7) is 0.338. The van der Waals surface area contributed by atoms with E-state index in [1.165, 1.54) is 10.6 Å². The van der Waals surface area contributed by atoms with Crippen molar-refractivity contribution in [3.05, 3.63) is 58.2 Å². The molecule has 126 valence electrons. The van der Waals surface area contributed by atoms with Crippen LogP contribution in [0.2, 0.25) is 0 Å². The molecule has 24 heavy (non-hydrogen) atoms. The molecule has 3 rings (SSSR count). The molecule has 0 radical (unpaired) electrons. The van der Waals surface area contributed by atoms with Crippen LogP contribution in [0.3, 0.4) is 0 Å². The number of thioether (sulfide) groups is 1. The van der Waals surface area contributed by atoms with E-state index in [9.17, 15) is 13.2 Å². The minimum absolute atomic E-state index is 0.105. The van der Waals surface area contributed by atoms with Crippen molar-refractivity contribution in [1.29, 1.82) is 0 Å². The Morgan fingerprint density at radius 3 is 2.67 bits per heavy atom. The van der Waals surface area contributed by atoms with Gasteiger partial charge in [0.25, 0.3) is 0 Å². The van der Waals surface area contributed by atoms with E-state index >= 15 is 0 Å². The van der Waals surface area contributed by atoms with Gasteiger partial charge in [-0.3, -0.25) is 4.79 Å². The molecule has 0 bridgehead atoms. The highest BCUT2D eigenvalue weighted by Gasteiger charge is 2.15. The highest BCUT2D eigenvalue weighted by molar-refractivity contribution is 7.99. The van der Waals surface area contributed by atoms with E-state index in [-0.39, 0.29) is 9.77 Å². The maximum Gasteiger partial charge on any atom is 0.307 e. The Morgan fingerprint density at radius 2 is 1.92 bits per heavy atom. The van der Waals surface area contributed by atoms with Gasteiger partial charge in [0.2, 0.25) is 10.0 Å². The van der Waals surface area contributed by atoms with Crippen molar-refractivity contribution in [3.63, 3.8) is 0 Å². The molecule has 0 amide bonds. The highest BCUT2D eigenvalue weighted by atomic mass is 32.2. The van der Waals surface area contributed by atoms with Crippen LogP contribution in [-0.2, 0) is 17.1 Å². The molecule has 5 nitrogen and oxygen atoms in total. The minimum Gasteiger partial charge on any atom is -0.302 e. The second kappa shape index (κ2) is 7.10. The lowest BCUT2D eigenvalue weighted by Crippen LogP contribution is -2.26. The van der Waals surface area contributed by atoms with Gasteiger partial charge in [-0.15, -0.1) is 11.8 Å². The number of sulfonamides is 1. The van der Waals surface area contributed by atoms with E-state index in [0.717, 1.165) is 21.7 Å². The second-order valence-electron chi connectivity index (χ2n) is 5.12. The van der Waals surface area contributed by atoms with Gasteiger partial charge in [0.1, 0.15) is 0 Å². The number of nitrogens with one attached hydrogen (secondary N) is 1. The number of benzene rings is 2. The quantitative estimate of drug-likeness (QED) is 0.527. The largest absolute Gasteiger partial charge is 0.307 e. The number of hydrogen-bond donors (Lipinski definition) is 1. The summed E-state index contributed by atoms with van der Waals surface area (Å²) in [5, 5.41) is 0. The zero-order chi connectivity index (χ0) is 17.2. The Hall–Kier alpha value is -1.61. The fraction of sp³-hybridized carbons (Fsp3) is 0.188. The van der Waals surface area contributed by atoms with Gasteiger partial charge in [0.05, 0.1) is 15.1 Å². The number of aromatic nitrogens is 1.